The van der Waals surface area contributed by atoms with Crippen molar-refractivity contribution in [1.29, 1.82) is 0 Å². The van der Waals surface area contributed by atoms with Crippen LogP contribution in [0.1, 0.15) is 6.92 Å². The molecule has 0 aromatic heterocycles. The van der Waals surface area contributed by atoms with E-state index in [1.807, 2.05) is 0 Å². The summed E-state index contributed by atoms with van der Waals surface area (Å²) in [5.41, 5.74) is 0.229. The van der Waals surface area contributed by atoms with Gasteiger partial charge in [0.2, 0.25) is 5.91 Å². The van der Waals surface area contributed by atoms with Gasteiger partial charge in [-0.2, -0.15) is 13.2 Å². The first kappa shape index (κ1) is 19.8. The highest BCUT2D eigenvalue weighted by Crippen LogP contribution is 2.38. The molecule has 0 spiro atoms. The molecule has 138 valence electrons. The summed E-state index contributed by atoms with van der Waals surface area (Å²) in [6.07, 6.45) is -4.65. The number of benzene rings is 1. The van der Waals surface area contributed by atoms with Crippen LogP contribution in [0.4, 0.5) is 18.9 Å². The molecule has 10 heteroatoms. The van der Waals surface area contributed by atoms with Crippen molar-refractivity contribution in [2.45, 2.75) is 19.1 Å². The fourth-order valence-corrected chi connectivity index (χ4v) is 3.08. The SMILES string of the molecule is CC(C(=O)Nc1cccc(Cl)c1Cl)N1C[C@@H](C(F)(F)F)[C@H](C(=O)O)C1. The van der Waals surface area contributed by atoms with E-state index in [4.69, 9.17) is 28.3 Å². The summed E-state index contributed by atoms with van der Waals surface area (Å²) in [6, 6.07) is 3.62. The normalized spacial score (nSPS) is 22.6. The number of carbonyl (C=O) groups excluding carboxylic acids is 1. The summed E-state index contributed by atoms with van der Waals surface area (Å²) in [4.78, 5) is 24.6. The number of amides is 1. The number of alkyl halides is 3. The molecule has 25 heavy (non-hydrogen) atoms. The van der Waals surface area contributed by atoms with Crippen molar-refractivity contribution in [3.63, 3.8) is 0 Å². The second-order valence-electron chi connectivity index (χ2n) is 5.81. The molecule has 2 rings (SSSR count). The van der Waals surface area contributed by atoms with Crippen molar-refractivity contribution < 1.29 is 27.9 Å². The molecule has 0 radical (unpaired) electrons. The van der Waals surface area contributed by atoms with E-state index in [1.165, 1.54) is 24.0 Å². The van der Waals surface area contributed by atoms with Crippen LogP contribution < -0.4 is 5.32 Å². The number of hydrogen-bond acceptors (Lipinski definition) is 3. The lowest BCUT2D eigenvalue weighted by molar-refractivity contribution is -0.188. The van der Waals surface area contributed by atoms with Crippen molar-refractivity contribution in [3.05, 3.63) is 28.2 Å². The van der Waals surface area contributed by atoms with Crippen LogP contribution in [-0.2, 0) is 9.59 Å². The van der Waals surface area contributed by atoms with Crippen molar-refractivity contribution >= 4 is 40.8 Å². The van der Waals surface area contributed by atoms with Crippen LogP contribution in [0.5, 0.6) is 0 Å². The van der Waals surface area contributed by atoms with Gasteiger partial charge in [-0.15, -0.1) is 0 Å². The maximum atomic E-state index is 13.0. The molecule has 1 heterocycles. The average Bonchev–Trinajstić information content (AvgIpc) is 2.96. The monoisotopic (exact) mass is 398 g/mol. The Morgan fingerprint density at radius 3 is 2.48 bits per heavy atom. The molecule has 2 N–H and O–H groups in total. The Labute approximate surface area is 151 Å². The van der Waals surface area contributed by atoms with Gasteiger partial charge in [-0.3, -0.25) is 14.5 Å². The highest BCUT2D eigenvalue weighted by atomic mass is 35.5. The topological polar surface area (TPSA) is 69.6 Å². The molecular weight excluding hydrogens is 384 g/mol. The average molecular weight is 399 g/mol. The summed E-state index contributed by atoms with van der Waals surface area (Å²) in [7, 11) is 0. The van der Waals surface area contributed by atoms with Crippen molar-refractivity contribution in [1.82, 2.24) is 4.90 Å². The minimum Gasteiger partial charge on any atom is -0.481 e. The van der Waals surface area contributed by atoms with Gasteiger partial charge < -0.3 is 10.4 Å². The minimum absolute atomic E-state index is 0.114. The first-order valence-electron chi connectivity index (χ1n) is 7.30. The first-order valence-corrected chi connectivity index (χ1v) is 8.06. The number of nitrogens with zero attached hydrogens (tertiary/aromatic N) is 1. The molecular formula is C15H15Cl2F3N2O3. The van der Waals surface area contributed by atoms with E-state index in [2.05, 4.69) is 5.32 Å². The summed E-state index contributed by atoms with van der Waals surface area (Å²) < 4.78 is 39.1. The van der Waals surface area contributed by atoms with Gasteiger partial charge in [-0.05, 0) is 19.1 Å². The molecule has 1 aliphatic heterocycles. The second kappa shape index (κ2) is 7.39. The number of anilines is 1. The molecule has 0 bridgehead atoms. The van der Waals surface area contributed by atoms with Gasteiger partial charge in [0.15, 0.2) is 0 Å². The Morgan fingerprint density at radius 2 is 1.96 bits per heavy atom. The lowest BCUT2D eigenvalue weighted by Gasteiger charge is -2.24. The number of rotatable bonds is 4. The number of likely N-dealkylation sites (tertiary alicyclic amines) is 1. The third-order valence-electron chi connectivity index (χ3n) is 4.22. The van der Waals surface area contributed by atoms with E-state index >= 15 is 0 Å². The molecule has 1 aromatic rings. The van der Waals surface area contributed by atoms with Gasteiger partial charge in [0, 0.05) is 13.1 Å². The Bertz CT molecular complexity index is 684. The zero-order chi connectivity index (χ0) is 18.9. The summed E-state index contributed by atoms with van der Waals surface area (Å²) in [6.45, 7) is 0.487. The second-order valence-corrected chi connectivity index (χ2v) is 6.60. The molecule has 0 saturated carbocycles. The number of nitrogens with one attached hydrogen (secondary N) is 1. The van der Waals surface area contributed by atoms with Crippen LogP contribution in [0.25, 0.3) is 0 Å². The summed E-state index contributed by atoms with van der Waals surface area (Å²) in [5, 5.41) is 11.9. The molecule has 3 atom stereocenters. The van der Waals surface area contributed by atoms with Gasteiger partial charge in [0.05, 0.1) is 33.6 Å². The fraction of sp³-hybridized carbons (Fsp3) is 0.467. The predicted molar refractivity (Wildman–Crippen MR) is 86.8 cm³/mol. The number of carboxylic acid groups (broad SMARTS) is 1. The first-order chi connectivity index (χ1) is 11.5. The number of halogens is 5. The van der Waals surface area contributed by atoms with E-state index in [0.717, 1.165) is 0 Å². The lowest BCUT2D eigenvalue weighted by Crippen LogP contribution is -2.41. The van der Waals surface area contributed by atoms with Crippen molar-refractivity contribution in [3.8, 4) is 0 Å². The molecule has 1 unspecified atom stereocenters. The Kier molecular flexibility index (Phi) is 5.86. The molecule has 1 saturated heterocycles. The number of carbonyl (C=O) groups is 2. The Morgan fingerprint density at radius 1 is 1.32 bits per heavy atom. The molecule has 1 aliphatic rings. The lowest BCUT2D eigenvalue weighted by atomic mass is 9.96. The van der Waals surface area contributed by atoms with Crippen LogP contribution >= 0.6 is 23.2 Å². The Hall–Kier alpha value is -1.51. The van der Waals surface area contributed by atoms with Crippen LogP contribution in [-0.4, -0.2) is 47.2 Å². The van der Waals surface area contributed by atoms with E-state index in [0.29, 0.717) is 0 Å². The van der Waals surface area contributed by atoms with E-state index in [1.54, 1.807) is 6.07 Å². The number of carboxylic acids is 1. The summed E-state index contributed by atoms with van der Waals surface area (Å²) in [5.74, 6) is -5.76. The van der Waals surface area contributed by atoms with Crippen LogP contribution in [0.2, 0.25) is 10.0 Å². The molecule has 1 aromatic carbocycles. The van der Waals surface area contributed by atoms with Crippen LogP contribution in [0, 0.1) is 11.8 Å². The molecule has 5 nitrogen and oxygen atoms in total. The smallest absolute Gasteiger partial charge is 0.393 e. The van der Waals surface area contributed by atoms with E-state index in [9.17, 15) is 22.8 Å². The van der Waals surface area contributed by atoms with Gasteiger partial charge in [-0.25, -0.2) is 0 Å². The minimum atomic E-state index is -4.65. The zero-order valence-electron chi connectivity index (χ0n) is 13.0. The molecule has 1 amide bonds. The van der Waals surface area contributed by atoms with E-state index in [-0.39, 0.29) is 22.3 Å². The van der Waals surface area contributed by atoms with Gasteiger partial charge in [-0.1, -0.05) is 29.3 Å². The van der Waals surface area contributed by atoms with Gasteiger partial charge in [0.1, 0.15) is 0 Å². The molecule has 1 fully saturated rings. The summed E-state index contributed by atoms with van der Waals surface area (Å²) >= 11 is 11.8. The largest absolute Gasteiger partial charge is 0.481 e. The Balaban J connectivity index is 2.12. The predicted octanol–water partition coefficient (Wildman–Crippen LogP) is 3.52. The highest BCUT2D eigenvalue weighted by molar-refractivity contribution is 6.44. The number of hydrogen-bond donors (Lipinski definition) is 2. The highest BCUT2D eigenvalue weighted by Gasteiger charge is 2.53. The third-order valence-corrected chi connectivity index (χ3v) is 5.04. The van der Waals surface area contributed by atoms with Crippen molar-refractivity contribution in [2.24, 2.45) is 11.8 Å². The quantitative estimate of drug-likeness (QED) is 0.813. The van der Waals surface area contributed by atoms with Gasteiger partial charge in [0.25, 0.3) is 0 Å². The molecule has 0 aliphatic carbocycles. The van der Waals surface area contributed by atoms with E-state index < -0.39 is 42.5 Å². The number of aliphatic carboxylic acids is 1. The zero-order valence-corrected chi connectivity index (χ0v) is 14.5. The standard InChI is InChI=1S/C15H15Cl2F3N2O3/c1-7(13(23)21-11-4-2-3-10(16)12(11)17)22-5-8(14(24)25)9(6-22)15(18,19)20/h2-4,7-9H,5-6H2,1H3,(H,21,23)(H,24,25)/t7?,8-,9-/m1/s1. The van der Waals surface area contributed by atoms with Crippen LogP contribution in [0.15, 0.2) is 18.2 Å². The fourth-order valence-electron chi connectivity index (χ4n) is 2.74. The maximum Gasteiger partial charge on any atom is 0.393 e. The third kappa shape index (κ3) is 4.37. The van der Waals surface area contributed by atoms with Gasteiger partial charge >= 0.3 is 12.1 Å². The maximum absolute atomic E-state index is 13.0. The van der Waals surface area contributed by atoms with Crippen LogP contribution in [0.3, 0.4) is 0 Å². The van der Waals surface area contributed by atoms with Crippen molar-refractivity contribution in [2.75, 3.05) is 18.4 Å².